The molecule has 0 radical (unpaired) electrons. The summed E-state index contributed by atoms with van der Waals surface area (Å²) < 4.78 is 0. The zero-order valence-corrected chi connectivity index (χ0v) is 18.2. The fraction of sp³-hybridized carbons (Fsp3) is 0.400. The molecule has 1 unspecified atom stereocenters. The van der Waals surface area contributed by atoms with Gasteiger partial charge in [0.1, 0.15) is 27.6 Å². The molecule has 0 aromatic carbocycles. The Bertz CT molecular complexity index is 1250. The van der Waals surface area contributed by atoms with Gasteiger partial charge in [0.05, 0.1) is 16.8 Å². The van der Waals surface area contributed by atoms with Gasteiger partial charge in [-0.3, -0.25) is 9.69 Å². The summed E-state index contributed by atoms with van der Waals surface area (Å²) in [5, 5.41) is 3.92. The lowest BCUT2D eigenvalue weighted by molar-refractivity contribution is 0.191. The summed E-state index contributed by atoms with van der Waals surface area (Å²) in [5.74, 6) is 1.76. The highest BCUT2D eigenvalue weighted by molar-refractivity contribution is 7.18. The minimum absolute atomic E-state index is 0.0295. The van der Waals surface area contributed by atoms with Crippen LogP contribution >= 0.6 is 22.7 Å². The van der Waals surface area contributed by atoms with Crippen molar-refractivity contribution in [3.05, 3.63) is 44.4 Å². The van der Waals surface area contributed by atoms with Gasteiger partial charge in [-0.15, -0.1) is 22.7 Å². The van der Waals surface area contributed by atoms with Crippen LogP contribution in [0.1, 0.15) is 29.2 Å². The smallest absolute Gasteiger partial charge is 0.259 e. The van der Waals surface area contributed by atoms with E-state index in [0.717, 1.165) is 68.7 Å². The fourth-order valence-corrected chi connectivity index (χ4v) is 5.76. The number of rotatable bonds is 3. The molecule has 0 amide bonds. The number of fused-ring (bicyclic) bond motifs is 2. The maximum absolute atomic E-state index is 12.6. The monoisotopic (exact) mass is 426 g/mol. The van der Waals surface area contributed by atoms with E-state index >= 15 is 0 Å². The molecular formula is C20H22N6OS2. The Labute approximate surface area is 176 Å². The zero-order valence-electron chi connectivity index (χ0n) is 16.6. The third-order valence-corrected chi connectivity index (χ3v) is 7.78. The normalized spacial score (nSPS) is 16.7. The van der Waals surface area contributed by atoms with Crippen LogP contribution in [0.3, 0.4) is 0 Å². The van der Waals surface area contributed by atoms with Crippen LogP contribution in [0.5, 0.6) is 0 Å². The number of aryl methyl sites for hydroxylation is 2. The summed E-state index contributed by atoms with van der Waals surface area (Å²) in [6.07, 6.45) is 1.65. The van der Waals surface area contributed by atoms with Crippen molar-refractivity contribution in [1.82, 2.24) is 24.8 Å². The standard InChI is InChI=1S/C20H22N6OS2/c1-11-13(3)29-20-15(11)18(27)23-16(24-20)12(2)25-5-7-26(8-6-25)17-14-4-9-28-19(14)22-10-21-17/h4,9-10,12H,5-8H2,1-3H3,(H,23,24,27). The van der Waals surface area contributed by atoms with Gasteiger partial charge in [-0.1, -0.05) is 0 Å². The van der Waals surface area contributed by atoms with Gasteiger partial charge in [-0.05, 0) is 37.8 Å². The molecule has 1 N–H and O–H groups in total. The number of hydrogen-bond donors (Lipinski definition) is 1. The molecule has 29 heavy (non-hydrogen) atoms. The quantitative estimate of drug-likeness (QED) is 0.540. The van der Waals surface area contributed by atoms with E-state index in [1.807, 2.05) is 13.8 Å². The number of aromatic amines is 1. The molecule has 0 aliphatic carbocycles. The van der Waals surface area contributed by atoms with Gasteiger partial charge in [0.25, 0.3) is 5.56 Å². The van der Waals surface area contributed by atoms with Gasteiger partial charge in [-0.25, -0.2) is 15.0 Å². The van der Waals surface area contributed by atoms with E-state index in [4.69, 9.17) is 4.98 Å². The first kappa shape index (κ1) is 18.7. The molecule has 0 bridgehead atoms. The Morgan fingerprint density at radius 1 is 1.14 bits per heavy atom. The Balaban J connectivity index is 1.36. The van der Waals surface area contributed by atoms with Crippen LogP contribution in [0.2, 0.25) is 0 Å². The SMILES string of the molecule is Cc1sc2nc(C(C)N3CCN(c4ncnc5sccc45)CC3)[nH]c(=O)c2c1C. The highest BCUT2D eigenvalue weighted by Crippen LogP contribution is 2.30. The van der Waals surface area contributed by atoms with Crippen molar-refractivity contribution >= 4 is 48.9 Å². The topological polar surface area (TPSA) is 78.0 Å². The lowest BCUT2D eigenvalue weighted by Crippen LogP contribution is -2.48. The van der Waals surface area contributed by atoms with Gasteiger partial charge in [0.2, 0.25) is 0 Å². The molecule has 1 aliphatic heterocycles. The molecular weight excluding hydrogens is 404 g/mol. The van der Waals surface area contributed by atoms with Crippen molar-refractivity contribution in [2.75, 3.05) is 31.1 Å². The third kappa shape index (κ3) is 3.13. The van der Waals surface area contributed by atoms with E-state index in [2.05, 4.69) is 43.1 Å². The van der Waals surface area contributed by atoms with E-state index in [-0.39, 0.29) is 11.6 Å². The lowest BCUT2D eigenvalue weighted by atomic mass is 10.2. The number of thiophene rings is 2. The second-order valence-electron chi connectivity index (χ2n) is 7.45. The second kappa shape index (κ2) is 7.16. The minimum Gasteiger partial charge on any atom is -0.353 e. The van der Waals surface area contributed by atoms with Crippen molar-refractivity contribution in [3.63, 3.8) is 0 Å². The molecule has 150 valence electrons. The molecule has 1 atom stereocenters. The van der Waals surface area contributed by atoms with E-state index in [9.17, 15) is 4.79 Å². The van der Waals surface area contributed by atoms with Gasteiger partial charge < -0.3 is 9.88 Å². The maximum atomic E-state index is 12.6. The van der Waals surface area contributed by atoms with Crippen molar-refractivity contribution in [2.45, 2.75) is 26.8 Å². The molecule has 4 aromatic heterocycles. The van der Waals surface area contributed by atoms with Crippen molar-refractivity contribution in [1.29, 1.82) is 0 Å². The lowest BCUT2D eigenvalue weighted by Gasteiger charge is -2.38. The van der Waals surface area contributed by atoms with E-state index < -0.39 is 0 Å². The van der Waals surface area contributed by atoms with Crippen LogP contribution in [-0.4, -0.2) is 51.0 Å². The van der Waals surface area contributed by atoms with Crippen LogP contribution in [0, 0.1) is 13.8 Å². The maximum Gasteiger partial charge on any atom is 0.259 e. The number of nitrogens with one attached hydrogen (secondary N) is 1. The van der Waals surface area contributed by atoms with E-state index in [1.54, 1.807) is 29.0 Å². The second-order valence-corrected chi connectivity index (χ2v) is 9.55. The number of H-pyrrole nitrogens is 1. The number of anilines is 1. The van der Waals surface area contributed by atoms with Gasteiger partial charge in [0.15, 0.2) is 0 Å². The molecule has 0 saturated carbocycles. The Hall–Kier alpha value is -2.36. The summed E-state index contributed by atoms with van der Waals surface area (Å²) in [6, 6.07) is 2.16. The Morgan fingerprint density at radius 2 is 1.93 bits per heavy atom. The van der Waals surface area contributed by atoms with E-state index in [0.29, 0.717) is 0 Å². The average molecular weight is 427 g/mol. The van der Waals surface area contributed by atoms with Gasteiger partial charge in [-0.2, -0.15) is 0 Å². The highest BCUT2D eigenvalue weighted by Gasteiger charge is 2.26. The largest absolute Gasteiger partial charge is 0.353 e. The summed E-state index contributed by atoms with van der Waals surface area (Å²) >= 11 is 3.24. The van der Waals surface area contributed by atoms with Crippen LogP contribution in [0.25, 0.3) is 20.4 Å². The predicted octanol–water partition coefficient (Wildman–Crippen LogP) is 3.49. The fourth-order valence-electron chi connectivity index (χ4n) is 3.99. The first-order valence-corrected chi connectivity index (χ1v) is 11.4. The number of piperazine rings is 1. The summed E-state index contributed by atoms with van der Waals surface area (Å²) in [7, 11) is 0. The summed E-state index contributed by atoms with van der Waals surface area (Å²) in [6.45, 7) is 9.70. The van der Waals surface area contributed by atoms with E-state index in [1.165, 1.54) is 0 Å². The highest BCUT2D eigenvalue weighted by atomic mass is 32.1. The molecule has 4 aromatic rings. The number of nitrogens with zero attached hydrogens (tertiary/aromatic N) is 5. The van der Waals surface area contributed by atoms with Crippen molar-refractivity contribution in [3.8, 4) is 0 Å². The Kier molecular flexibility index (Phi) is 4.60. The molecule has 0 spiro atoms. The van der Waals surface area contributed by atoms with Gasteiger partial charge in [0, 0.05) is 31.1 Å². The number of hydrogen-bond acceptors (Lipinski definition) is 8. The van der Waals surface area contributed by atoms with Crippen LogP contribution < -0.4 is 10.5 Å². The molecule has 1 aliphatic rings. The molecule has 1 saturated heterocycles. The Morgan fingerprint density at radius 3 is 2.72 bits per heavy atom. The van der Waals surface area contributed by atoms with Crippen molar-refractivity contribution < 1.29 is 0 Å². The van der Waals surface area contributed by atoms with Crippen LogP contribution in [0.15, 0.2) is 22.6 Å². The zero-order chi connectivity index (χ0) is 20.1. The van der Waals surface area contributed by atoms with Crippen LogP contribution in [-0.2, 0) is 0 Å². The average Bonchev–Trinajstić information content (AvgIpc) is 3.32. The molecule has 5 rings (SSSR count). The van der Waals surface area contributed by atoms with Gasteiger partial charge >= 0.3 is 0 Å². The first-order valence-electron chi connectivity index (χ1n) is 9.70. The summed E-state index contributed by atoms with van der Waals surface area (Å²) in [5.41, 5.74) is 1.01. The molecule has 7 nitrogen and oxygen atoms in total. The van der Waals surface area contributed by atoms with Crippen LogP contribution in [0.4, 0.5) is 5.82 Å². The predicted molar refractivity (Wildman–Crippen MR) is 119 cm³/mol. The number of aromatic nitrogens is 4. The third-order valence-electron chi connectivity index (χ3n) is 5.86. The molecule has 1 fully saturated rings. The summed E-state index contributed by atoms with van der Waals surface area (Å²) in [4.78, 5) is 37.1. The molecule has 5 heterocycles. The first-order chi connectivity index (χ1) is 14.0. The van der Waals surface area contributed by atoms with Crippen molar-refractivity contribution in [2.24, 2.45) is 0 Å². The molecule has 9 heteroatoms. The minimum atomic E-state index is -0.0295.